The summed E-state index contributed by atoms with van der Waals surface area (Å²) in [5.41, 5.74) is 0.832. The Bertz CT molecular complexity index is 919. The first-order valence-corrected chi connectivity index (χ1v) is 11.6. The fourth-order valence-corrected chi connectivity index (χ4v) is 4.68. The first-order chi connectivity index (χ1) is 14.8. The van der Waals surface area contributed by atoms with Crippen LogP contribution >= 0.6 is 0 Å². The van der Waals surface area contributed by atoms with E-state index in [-0.39, 0.29) is 24.4 Å². The summed E-state index contributed by atoms with van der Waals surface area (Å²) in [4.78, 5) is 11.4. The summed E-state index contributed by atoms with van der Waals surface area (Å²) < 4.78 is 32.7. The average molecular weight is 451 g/mol. The number of unbranched alkanes of at least 4 members (excludes halogenated alkanes) is 1. The second-order valence-electron chi connectivity index (χ2n) is 7.21. The lowest BCUT2D eigenvalue weighted by atomic mass is 10.0. The molecule has 2 atom stereocenters. The molecule has 0 bridgehead atoms. The van der Waals surface area contributed by atoms with E-state index in [1.54, 1.807) is 12.1 Å². The fraction of sp³-hybridized carbons (Fsp3) is 0.409. The average Bonchev–Trinajstić information content (AvgIpc) is 2.76. The molecule has 8 nitrogen and oxygen atoms in total. The van der Waals surface area contributed by atoms with Gasteiger partial charge in [0.2, 0.25) is 10.0 Å². The van der Waals surface area contributed by atoms with Crippen molar-refractivity contribution in [3.8, 4) is 5.75 Å². The number of rotatable bonds is 12. The number of ether oxygens (including phenoxy) is 1. The van der Waals surface area contributed by atoms with E-state index >= 15 is 0 Å². The zero-order chi connectivity index (χ0) is 22.9. The van der Waals surface area contributed by atoms with E-state index in [1.807, 2.05) is 37.3 Å². The van der Waals surface area contributed by atoms with Gasteiger partial charge in [-0.1, -0.05) is 43.7 Å². The molecule has 3 N–H and O–H groups in total. The number of hydrogen-bond acceptors (Lipinski definition) is 5. The number of carboxylic acid groups (broad SMARTS) is 1. The van der Waals surface area contributed by atoms with Crippen molar-refractivity contribution < 1.29 is 28.2 Å². The van der Waals surface area contributed by atoms with E-state index in [0.717, 1.165) is 12.0 Å². The van der Waals surface area contributed by atoms with Crippen LogP contribution in [-0.4, -0.2) is 61.4 Å². The van der Waals surface area contributed by atoms with Gasteiger partial charge in [0.25, 0.3) is 0 Å². The molecule has 0 aliphatic rings. The second kappa shape index (κ2) is 11.7. The van der Waals surface area contributed by atoms with Crippen LogP contribution in [-0.2, 0) is 16.4 Å². The number of aliphatic hydroxyl groups excluding tert-OH is 1. The number of sulfonamides is 1. The molecule has 2 rings (SSSR count). The standard InChI is InChI=1S/C22H30N2O6S/c1-3-4-14-24(31(28,29)19-12-10-18(30-2)11-13-19)16-21(25)20(23-22(26)27)15-17-8-6-5-7-9-17/h5-13,20-21,23,25H,3-4,14-16H2,1-2H3,(H,26,27)/t20-,21+/m0/s1. The molecule has 170 valence electrons. The van der Waals surface area contributed by atoms with Crippen LogP contribution in [0, 0.1) is 0 Å². The number of nitrogens with zero attached hydrogens (tertiary/aromatic N) is 1. The van der Waals surface area contributed by atoms with E-state index in [1.165, 1.54) is 23.5 Å². The number of hydrogen-bond donors (Lipinski definition) is 3. The predicted octanol–water partition coefficient (Wildman–Crippen LogP) is 2.73. The first kappa shape index (κ1) is 24.6. The molecule has 2 aromatic rings. The van der Waals surface area contributed by atoms with Crippen LogP contribution in [0.2, 0.25) is 0 Å². The summed E-state index contributed by atoms with van der Waals surface area (Å²) in [6.45, 7) is 1.93. The number of methoxy groups -OCH3 is 1. The molecule has 0 spiro atoms. The first-order valence-electron chi connectivity index (χ1n) is 10.1. The van der Waals surface area contributed by atoms with E-state index in [0.29, 0.717) is 12.2 Å². The number of benzene rings is 2. The van der Waals surface area contributed by atoms with Gasteiger partial charge in [0.1, 0.15) is 5.75 Å². The minimum Gasteiger partial charge on any atom is -0.497 e. The maximum absolute atomic E-state index is 13.2. The van der Waals surface area contributed by atoms with Crippen LogP contribution in [0.25, 0.3) is 0 Å². The van der Waals surface area contributed by atoms with Gasteiger partial charge in [-0.2, -0.15) is 4.31 Å². The summed E-state index contributed by atoms with van der Waals surface area (Å²) in [6, 6.07) is 14.3. The number of carbonyl (C=O) groups is 1. The van der Waals surface area contributed by atoms with Gasteiger partial charge in [0.05, 0.1) is 24.2 Å². The Morgan fingerprint density at radius 2 is 1.77 bits per heavy atom. The normalized spacial score (nSPS) is 13.5. The van der Waals surface area contributed by atoms with Crippen molar-refractivity contribution in [3.63, 3.8) is 0 Å². The highest BCUT2D eigenvalue weighted by atomic mass is 32.2. The van der Waals surface area contributed by atoms with Gasteiger partial charge in [-0.25, -0.2) is 13.2 Å². The third-order valence-electron chi connectivity index (χ3n) is 4.92. The van der Waals surface area contributed by atoms with Gasteiger partial charge in [-0.3, -0.25) is 0 Å². The Labute approximate surface area is 183 Å². The van der Waals surface area contributed by atoms with E-state index in [4.69, 9.17) is 4.74 Å². The molecule has 31 heavy (non-hydrogen) atoms. The quantitative estimate of drug-likeness (QED) is 0.458. The molecule has 0 radical (unpaired) electrons. The highest BCUT2D eigenvalue weighted by Crippen LogP contribution is 2.21. The Balaban J connectivity index is 2.25. The van der Waals surface area contributed by atoms with Crippen molar-refractivity contribution in [2.45, 2.75) is 43.2 Å². The van der Waals surface area contributed by atoms with Crippen LogP contribution in [0.5, 0.6) is 5.75 Å². The highest BCUT2D eigenvalue weighted by Gasteiger charge is 2.30. The molecule has 0 fully saturated rings. The Morgan fingerprint density at radius 1 is 1.13 bits per heavy atom. The topological polar surface area (TPSA) is 116 Å². The molecular formula is C22H30N2O6S. The summed E-state index contributed by atoms with van der Waals surface area (Å²) in [7, 11) is -2.39. The van der Waals surface area contributed by atoms with E-state index in [2.05, 4.69) is 5.32 Å². The van der Waals surface area contributed by atoms with Crippen molar-refractivity contribution >= 4 is 16.1 Å². The molecule has 0 aliphatic carbocycles. The Kier molecular flexibility index (Phi) is 9.29. The highest BCUT2D eigenvalue weighted by molar-refractivity contribution is 7.89. The van der Waals surface area contributed by atoms with Crippen LogP contribution < -0.4 is 10.1 Å². The van der Waals surface area contributed by atoms with Crippen LogP contribution in [0.1, 0.15) is 25.3 Å². The number of aliphatic hydroxyl groups is 1. The van der Waals surface area contributed by atoms with Crippen molar-refractivity contribution in [1.29, 1.82) is 0 Å². The zero-order valence-corrected chi connectivity index (χ0v) is 18.6. The molecular weight excluding hydrogens is 420 g/mol. The van der Waals surface area contributed by atoms with Gasteiger partial charge in [0, 0.05) is 13.1 Å². The monoisotopic (exact) mass is 450 g/mol. The van der Waals surface area contributed by atoms with Crippen molar-refractivity contribution in [2.24, 2.45) is 0 Å². The van der Waals surface area contributed by atoms with Crippen LogP contribution in [0.15, 0.2) is 59.5 Å². The third-order valence-corrected chi connectivity index (χ3v) is 6.80. The second-order valence-corrected chi connectivity index (χ2v) is 9.14. The lowest BCUT2D eigenvalue weighted by Crippen LogP contribution is -2.50. The van der Waals surface area contributed by atoms with Gasteiger partial charge in [0.15, 0.2) is 0 Å². The molecule has 0 heterocycles. The minimum atomic E-state index is -3.89. The van der Waals surface area contributed by atoms with Gasteiger partial charge < -0.3 is 20.3 Å². The van der Waals surface area contributed by atoms with Gasteiger partial charge in [-0.15, -0.1) is 0 Å². The maximum atomic E-state index is 13.2. The molecule has 2 aromatic carbocycles. The molecule has 0 saturated carbocycles. The predicted molar refractivity (Wildman–Crippen MR) is 118 cm³/mol. The van der Waals surface area contributed by atoms with E-state index < -0.39 is 28.3 Å². The number of nitrogens with one attached hydrogen (secondary N) is 1. The molecule has 1 amide bonds. The van der Waals surface area contributed by atoms with Crippen molar-refractivity contribution in [3.05, 3.63) is 60.2 Å². The SMILES string of the molecule is CCCCN(C[C@@H](O)[C@H](Cc1ccccc1)NC(=O)O)S(=O)(=O)c1ccc(OC)cc1. The van der Waals surface area contributed by atoms with Gasteiger partial charge in [-0.05, 0) is 42.7 Å². The van der Waals surface area contributed by atoms with Crippen molar-refractivity contribution in [1.82, 2.24) is 9.62 Å². The molecule has 9 heteroatoms. The third kappa shape index (κ3) is 7.23. The van der Waals surface area contributed by atoms with Gasteiger partial charge >= 0.3 is 6.09 Å². The Morgan fingerprint density at radius 3 is 2.32 bits per heavy atom. The molecule has 0 unspecified atom stereocenters. The number of amides is 1. The minimum absolute atomic E-state index is 0.0856. The lowest BCUT2D eigenvalue weighted by molar-refractivity contribution is 0.1000. The lowest BCUT2D eigenvalue weighted by Gasteiger charge is -2.29. The summed E-state index contributed by atoms with van der Waals surface area (Å²) >= 11 is 0. The van der Waals surface area contributed by atoms with Crippen LogP contribution in [0.4, 0.5) is 4.79 Å². The fourth-order valence-electron chi connectivity index (χ4n) is 3.19. The maximum Gasteiger partial charge on any atom is 0.404 e. The Hall–Kier alpha value is -2.62. The van der Waals surface area contributed by atoms with E-state index in [9.17, 15) is 23.4 Å². The van der Waals surface area contributed by atoms with Crippen molar-refractivity contribution in [2.75, 3.05) is 20.2 Å². The smallest absolute Gasteiger partial charge is 0.404 e. The molecule has 0 aliphatic heterocycles. The van der Waals surface area contributed by atoms with Crippen LogP contribution in [0.3, 0.4) is 0 Å². The summed E-state index contributed by atoms with van der Waals surface area (Å²) in [6.07, 6.45) is -0.902. The molecule has 0 aromatic heterocycles. The molecule has 0 saturated heterocycles. The summed E-state index contributed by atoms with van der Waals surface area (Å²) in [5.74, 6) is 0.535. The zero-order valence-electron chi connectivity index (χ0n) is 17.8. The largest absolute Gasteiger partial charge is 0.497 e. The summed E-state index contributed by atoms with van der Waals surface area (Å²) in [5, 5.41) is 22.4.